The Labute approximate surface area is 114 Å². The molecule has 0 saturated carbocycles. The topological polar surface area (TPSA) is 33.1 Å². The van der Waals surface area contributed by atoms with Gasteiger partial charge in [-0.25, -0.2) is 4.98 Å². The maximum atomic E-state index is 8.87. The van der Waals surface area contributed by atoms with E-state index in [0.29, 0.717) is 9.49 Å². The van der Waals surface area contributed by atoms with Crippen LogP contribution in [0.2, 0.25) is 9.49 Å². The van der Waals surface area contributed by atoms with Crippen LogP contribution in [-0.4, -0.2) is 16.7 Å². The summed E-state index contributed by atoms with van der Waals surface area (Å²) in [5.41, 5.74) is 1.90. The molecule has 0 bridgehead atoms. The summed E-state index contributed by atoms with van der Waals surface area (Å²) in [4.78, 5) is 5.43. The number of thiazole rings is 1. The Morgan fingerprint density at radius 2 is 1.88 bits per heavy atom. The van der Waals surface area contributed by atoms with Crippen LogP contribution in [0.3, 0.4) is 0 Å². The van der Waals surface area contributed by atoms with Gasteiger partial charge < -0.3 is 5.11 Å². The normalized spacial score (nSPS) is 10.8. The van der Waals surface area contributed by atoms with Crippen LogP contribution < -0.4 is 0 Å². The van der Waals surface area contributed by atoms with Crippen molar-refractivity contribution in [2.75, 3.05) is 6.61 Å². The van der Waals surface area contributed by atoms with Crippen molar-refractivity contribution in [2.24, 2.45) is 0 Å². The molecule has 5 heteroatoms. The largest absolute Gasteiger partial charge is 0.396 e. The average molecular weight is 288 g/mol. The van der Waals surface area contributed by atoms with Crippen LogP contribution in [0.25, 0.3) is 11.3 Å². The van der Waals surface area contributed by atoms with Gasteiger partial charge in [-0.2, -0.15) is 0 Å². The molecular formula is C12H11Cl2NOS. The molecule has 90 valence electrons. The maximum Gasteiger partial charge on any atom is 0.184 e. The molecule has 0 radical (unpaired) electrons. The first-order chi connectivity index (χ1) is 8.20. The molecule has 2 nitrogen and oxygen atoms in total. The van der Waals surface area contributed by atoms with Gasteiger partial charge in [0.1, 0.15) is 0 Å². The van der Waals surface area contributed by atoms with Crippen molar-refractivity contribution in [1.29, 1.82) is 0 Å². The van der Waals surface area contributed by atoms with Crippen LogP contribution in [0.4, 0.5) is 0 Å². The minimum Gasteiger partial charge on any atom is -0.396 e. The average Bonchev–Trinajstić information content (AvgIpc) is 2.69. The molecule has 0 aliphatic heterocycles. The SMILES string of the molecule is OCCCc1sc(Cl)nc1-c1ccc(Cl)cc1. The number of aliphatic hydroxyl groups excluding tert-OH is 1. The van der Waals surface area contributed by atoms with E-state index in [1.807, 2.05) is 24.3 Å². The first-order valence-corrected chi connectivity index (χ1v) is 6.80. The zero-order valence-corrected chi connectivity index (χ0v) is 11.3. The molecule has 2 rings (SSSR count). The van der Waals surface area contributed by atoms with E-state index in [2.05, 4.69) is 4.98 Å². The lowest BCUT2D eigenvalue weighted by atomic mass is 10.1. The zero-order chi connectivity index (χ0) is 12.3. The van der Waals surface area contributed by atoms with E-state index >= 15 is 0 Å². The first-order valence-electron chi connectivity index (χ1n) is 5.22. The van der Waals surface area contributed by atoms with Crippen LogP contribution >= 0.6 is 34.5 Å². The van der Waals surface area contributed by atoms with Crippen molar-refractivity contribution in [3.8, 4) is 11.3 Å². The highest BCUT2D eigenvalue weighted by molar-refractivity contribution is 7.16. The molecule has 0 spiro atoms. The zero-order valence-electron chi connectivity index (χ0n) is 8.99. The number of benzene rings is 1. The summed E-state index contributed by atoms with van der Waals surface area (Å²) in [7, 11) is 0. The standard InChI is InChI=1S/C12H11Cl2NOS/c13-9-5-3-8(4-6-9)11-10(2-1-7-16)17-12(14)15-11/h3-6,16H,1-2,7H2. The second-order valence-electron chi connectivity index (χ2n) is 3.57. The highest BCUT2D eigenvalue weighted by Gasteiger charge is 2.11. The van der Waals surface area contributed by atoms with Gasteiger partial charge in [-0.1, -0.05) is 35.3 Å². The third kappa shape index (κ3) is 3.19. The molecule has 0 saturated heterocycles. The van der Waals surface area contributed by atoms with Gasteiger partial charge in [0.15, 0.2) is 4.47 Å². The van der Waals surface area contributed by atoms with Gasteiger partial charge in [0.25, 0.3) is 0 Å². The number of aromatic nitrogens is 1. The van der Waals surface area contributed by atoms with Crippen LogP contribution in [0.5, 0.6) is 0 Å². The first kappa shape index (κ1) is 12.8. The molecule has 17 heavy (non-hydrogen) atoms. The van der Waals surface area contributed by atoms with E-state index in [1.54, 1.807) is 0 Å². The summed E-state index contributed by atoms with van der Waals surface area (Å²) >= 11 is 13.3. The molecule has 0 amide bonds. The molecule has 1 aromatic heterocycles. The maximum absolute atomic E-state index is 8.87. The van der Waals surface area contributed by atoms with E-state index in [-0.39, 0.29) is 6.61 Å². The van der Waals surface area contributed by atoms with Gasteiger partial charge in [0.2, 0.25) is 0 Å². The van der Waals surface area contributed by atoms with Crippen molar-refractivity contribution in [3.63, 3.8) is 0 Å². The van der Waals surface area contributed by atoms with E-state index in [9.17, 15) is 0 Å². The molecule has 1 heterocycles. The van der Waals surface area contributed by atoms with Crippen molar-refractivity contribution < 1.29 is 5.11 Å². The number of nitrogens with zero attached hydrogens (tertiary/aromatic N) is 1. The second kappa shape index (κ2) is 5.83. The number of aliphatic hydroxyl groups is 1. The fourth-order valence-electron chi connectivity index (χ4n) is 1.57. The predicted molar refractivity (Wildman–Crippen MR) is 73.0 cm³/mol. The smallest absolute Gasteiger partial charge is 0.184 e. The molecule has 0 aliphatic rings. The molecule has 2 aromatic rings. The number of rotatable bonds is 4. The van der Waals surface area contributed by atoms with Crippen molar-refractivity contribution in [2.45, 2.75) is 12.8 Å². The summed E-state index contributed by atoms with van der Waals surface area (Å²) in [6, 6.07) is 7.52. The van der Waals surface area contributed by atoms with E-state index in [0.717, 1.165) is 29.0 Å². The summed E-state index contributed by atoms with van der Waals surface area (Å²) in [6.45, 7) is 0.176. The van der Waals surface area contributed by atoms with E-state index < -0.39 is 0 Å². The summed E-state index contributed by atoms with van der Waals surface area (Å²) in [5.74, 6) is 0. The van der Waals surface area contributed by atoms with Gasteiger partial charge in [0, 0.05) is 22.1 Å². The summed E-state index contributed by atoms with van der Waals surface area (Å²) in [5, 5.41) is 9.57. The summed E-state index contributed by atoms with van der Waals surface area (Å²) < 4.78 is 0.530. The number of hydrogen-bond donors (Lipinski definition) is 1. The lowest BCUT2D eigenvalue weighted by Gasteiger charge is -2.01. The second-order valence-corrected chi connectivity index (χ2v) is 5.67. The molecule has 1 aromatic carbocycles. The Balaban J connectivity index is 2.33. The molecule has 0 aliphatic carbocycles. The molecule has 0 unspecified atom stereocenters. The van der Waals surface area contributed by atoms with Gasteiger partial charge in [-0.15, -0.1) is 11.3 Å². The predicted octanol–water partition coefficient (Wildman–Crippen LogP) is 4.04. The minimum absolute atomic E-state index is 0.176. The number of halogens is 2. The monoisotopic (exact) mass is 287 g/mol. The fourth-order valence-corrected chi connectivity index (χ4v) is 2.90. The Bertz CT molecular complexity index is 496. The molecule has 1 N–H and O–H groups in total. The summed E-state index contributed by atoms with van der Waals surface area (Å²) in [6.07, 6.45) is 1.51. The Morgan fingerprint density at radius 1 is 1.18 bits per heavy atom. The molecule has 0 fully saturated rings. The molecular weight excluding hydrogens is 277 g/mol. The highest BCUT2D eigenvalue weighted by atomic mass is 35.5. The minimum atomic E-state index is 0.176. The van der Waals surface area contributed by atoms with E-state index in [1.165, 1.54) is 11.3 Å². The Kier molecular flexibility index (Phi) is 4.40. The van der Waals surface area contributed by atoms with Crippen LogP contribution in [0.15, 0.2) is 24.3 Å². The Hall–Kier alpha value is -0.610. The van der Waals surface area contributed by atoms with Crippen molar-refractivity contribution in [1.82, 2.24) is 4.98 Å². The Morgan fingerprint density at radius 3 is 2.53 bits per heavy atom. The third-order valence-corrected chi connectivity index (χ3v) is 3.82. The van der Waals surface area contributed by atoms with Gasteiger partial charge >= 0.3 is 0 Å². The van der Waals surface area contributed by atoms with Gasteiger partial charge in [-0.05, 0) is 25.0 Å². The molecule has 0 atom stereocenters. The van der Waals surface area contributed by atoms with Crippen LogP contribution in [0.1, 0.15) is 11.3 Å². The van der Waals surface area contributed by atoms with Gasteiger partial charge in [0.05, 0.1) is 5.69 Å². The quantitative estimate of drug-likeness (QED) is 0.921. The van der Waals surface area contributed by atoms with Gasteiger partial charge in [-0.3, -0.25) is 0 Å². The lowest BCUT2D eigenvalue weighted by Crippen LogP contribution is -1.89. The number of hydrogen-bond acceptors (Lipinski definition) is 3. The lowest BCUT2D eigenvalue weighted by molar-refractivity contribution is 0.289. The number of aryl methyl sites for hydroxylation is 1. The third-order valence-electron chi connectivity index (χ3n) is 2.35. The van der Waals surface area contributed by atoms with Crippen LogP contribution in [-0.2, 0) is 6.42 Å². The van der Waals surface area contributed by atoms with Crippen molar-refractivity contribution in [3.05, 3.63) is 38.6 Å². The van der Waals surface area contributed by atoms with E-state index in [4.69, 9.17) is 28.3 Å². The van der Waals surface area contributed by atoms with Crippen LogP contribution in [0, 0.1) is 0 Å². The highest BCUT2D eigenvalue weighted by Crippen LogP contribution is 2.32. The fraction of sp³-hybridized carbons (Fsp3) is 0.250. The van der Waals surface area contributed by atoms with Crippen molar-refractivity contribution >= 4 is 34.5 Å².